The molecule has 27 heavy (non-hydrogen) atoms. The summed E-state index contributed by atoms with van der Waals surface area (Å²) < 4.78 is 1.60. The molecule has 0 saturated carbocycles. The summed E-state index contributed by atoms with van der Waals surface area (Å²) in [7, 11) is 0. The van der Waals surface area contributed by atoms with E-state index in [-0.39, 0.29) is 11.8 Å². The first-order valence-electron chi connectivity index (χ1n) is 9.69. The number of carbonyl (C=O) groups excluding carboxylic acids is 2. The maximum atomic E-state index is 13.0. The van der Waals surface area contributed by atoms with E-state index in [0.29, 0.717) is 18.8 Å². The second kappa shape index (κ2) is 7.13. The lowest BCUT2D eigenvalue weighted by Gasteiger charge is -2.39. The van der Waals surface area contributed by atoms with Crippen molar-refractivity contribution in [3.63, 3.8) is 0 Å². The monoisotopic (exact) mass is 367 g/mol. The molecule has 1 aromatic heterocycles. The van der Waals surface area contributed by atoms with E-state index in [2.05, 4.69) is 17.2 Å². The molecule has 3 heterocycles. The molecule has 1 atom stereocenters. The van der Waals surface area contributed by atoms with Gasteiger partial charge in [-0.05, 0) is 37.8 Å². The van der Waals surface area contributed by atoms with Crippen molar-refractivity contribution in [2.75, 3.05) is 26.2 Å². The van der Waals surface area contributed by atoms with Crippen molar-refractivity contribution >= 4 is 11.8 Å². The van der Waals surface area contributed by atoms with E-state index in [9.17, 15) is 9.59 Å². The SMILES string of the molecule is CCCN1CCC[C@@]2(CCN(C(=O)c3cn(-c4ccccc4)nn3)C2)C1=O. The predicted octanol–water partition coefficient (Wildman–Crippen LogP) is 2.13. The number of hydrogen-bond acceptors (Lipinski definition) is 4. The minimum atomic E-state index is -0.404. The van der Waals surface area contributed by atoms with Crippen LogP contribution in [-0.4, -0.2) is 62.8 Å². The van der Waals surface area contributed by atoms with Gasteiger partial charge < -0.3 is 9.80 Å². The Hall–Kier alpha value is -2.70. The molecule has 2 aliphatic heterocycles. The van der Waals surface area contributed by atoms with E-state index in [0.717, 1.165) is 44.5 Å². The minimum absolute atomic E-state index is 0.144. The molecule has 1 aromatic carbocycles. The number of para-hydroxylation sites is 1. The molecule has 4 rings (SSSR count). The van der Waals surface area contributed by atoms with E-state index < -0.39 is 5.41 Å². The number of nitrogens with zero attached hydrogens (tertiary/aromatic N) is 5. The third kappa shape index (κ3) is 3.22. The second-order valence-corrected chi connectivity index (χ2v) is 7.54. The first-order valence-corrected chi connectivity index (χ1v) is 9.69. The summed E-state index contributed by atoms with van der Waals surface area (Å²) in [5.41, 5.74) is 0.780. The molecule has 2 saturated heterocycles. The lowest BCUT2D eigenvalue weighted by atomic mass is 9.78. The van der Waals surface area contributed by atoms with Gasteiger partial charge in [0.1, 0.15) is 0 Å². The standard InChI is InChI=1S/C20H25N5O2/c1-2-11-23-12-6-9-20(19(23)27)10-13-24(15-20)18(26)17-14-25(22-21-17)16-7-4-3-5-8-16/h3-5,7-8,14H,2,6,9-13,15H2,1H3/t20-/m0/s1. The molecule has 2 aliphatic rings. The van der Waals surface area contributed by atoms with Gasteiger partial charge in [-0.3, -0.25) is 9.59 Å². The Morgan fingerprint density at radius 2 is 2.00 bits per heavy atom. The van der Waals surface area contributed by atoms with E-state index in [1.807, 2.05) is 35.2 Å². The van der Waals surface area contributed by atoms with Crippen molar-refractivity contribution in [2.24, 2.45) is 5.41 Å². The van der Waals surface area contributed by atoms with Crippen molar-refractivity contribution in [1.29, 1.82) is 0 Å². The number of rotatable bonds is 4. The summed E-state index contributed by atoms with van der Waals surface area (Å²) >= 11 is 0. The van der Waals surface area contributed by atoms with Gasteiger partial charge in [0, 0.05) is 26.2 Å². The fraction of sp³-hybridized carbons (Fsp3) is 0.500. The summed E-state index contributed by atoms with van der Waals surface area (Å²) in [5.74, 6) is 0.0771. The molecule has 1 spiro atoms. The number of amides is 2. The molecular weight excluding hydrogens is 342 g/mol. The summed E-state index contributed by atoms with van der Waals surface area (Å²) in [6, 6.07) is 9.59. The van der Waals surface area contributed by atoms with Gasteiger partial charge in [0.05, 0.1) is 17.3 Å². The van der Waals surface area contributed by atoms with E-state index in [4.69, 9.17) is 0 Å². The molecular formula is C20H25N5O2. The van der Waals surface area contributed by atoms with Crippen molar-refractivity contribution in [3.8, 4) is 5.69 Å². The van der Waals surface area contributed by atoms with Gasteiger partial charge in [0.25, 0.3) is 5.91 Å². The lowest BCUT2D eigenvalue weighted by molar-refractivity contribution is -0.145. The van der Waals surface area contributed by atoms with Gasteiger partial charge in [0.15, 0.2) is 5.69 Å². The number of carbonyl (C=O) groups is 2. The van der Waals surface area contributed by atoms with Gasteiger partial charge in [-0.25, -0.2) is 4.68 Å². The number of hydrogen-bond donors (Lipinski definition) is 0. The second-order valence-electron chi connectivity index (χ2n) is 7.54. The highest BCUT2D eigenvalue weighted by molar-refractivity contribution is 5.93. The zero-order chi connectivity index (χ0) is 18.9. The zero-order valence-electron chi connectivity index (χ0n) is 15.7. The molecule has 7 nitrogen and oxygen atoms in total. The highest BCUT2D eigenvalue weighted by Crippen LogP contribution is 2.40. The van der Waals surface area contributed by atoms with Gasteiger partial charge >= 0.3 is 0 Å². The fourth-order valence-electron chi connectivity index (χ4n) is 4.29. The minimum Gasteiger partial charge on any atom is -0.342 e. The molecule has 2 amide bonds. The Morgan fingerprint density at radius 3 is 2.78 bits per heavy atom. The van der Waals surface area contributed by atoms with Crippen LogP contribution in [0.3, 0.4) is 0 Å². The average Bonchev–Trinajstić information content (AvgIpc) is 3.35. The van der Waals surface area contributed by atoms with Gasteiger partial charge in [-0.2, -0.15) is 0 Å². The van der Waals surface area contributed by atoms with Crippen molar-refractivity contribution in [3.05, 3.63) is 42.2 Å². The summed E-state index contributed by atoms with van der Waals surface area (Å²) in [5, 5.41) is 8.14. The average molecular weight is 367 g/mol. The highest BCUT2D eigenvalue weighted by atomic mass is 16.2. The summed E-state index contributed by atoms with van der Waals surface area (Å²) in [6.07, 6.45) is 5.25. The number of benzene rings is 1. The van der Waals surface area contributed by atoms with Crippen LogP contribution >= 0.6 is 0 Å². The van der Waals surface area contributed by atoms with E-state index >= 15 is 0 Å². The van der Waals surface area contributed by atoms with Crippen molar-refractivity contribution in [2.45, 2.75) is 32.6 Å². The Morgan fingerprint density at radius 1 is 1.19 bits per heavy atom. The third-order valence-corrected chi connectivity index (χ3v) is 5.69. The largest absolute Gasteiger partial charge is 0.342 e. The molecule has 0 unspecified atom stereocenters. The van der Waals surface area contributed by atoms with Crippen LogP contribution in [0.25, 0.3) is 5.69 Å². The van der Waals surface area contributed by atoms with E-state index in [1.165, 1.54) is 0 Å². The number of piperidine rings is 1. The van der Waals surface area contributed by atoms with Crippen molar-refractivity contribution in [1.82, 2.24) is 24.8 Å². The third-order valence-electron chi connectivity index (χ3n) is 5.69. The van der Waals surface area contributed by atoms with Crippen LogP contribution in [0.4, 0.5) is 0 Å². The first-order chi connectivity index (χ1) is 13.1. The molecule has 0 aliphatic carbocycles. The molecule has 2 fully saturated rings. The van der Waals surface area contributed by atoms with E-state index in [1.54, 1.807) is 15.8 Å². The smallest absolute Gasteiger partial charge is 0.276 e. The number of aromatic nitrogens is 3. The highest BCUT2D eigenvalue weighted by Gasteiger charge is 2.49. The van der Waals surface area contributed by atoms with Gasteiger partial charge in [0.2, 0.25) is 5.91 Å². The van der Waals surface area contributed by atoms with Crippen LogP contribution in [-0.2, 0) is 4.79 Å². The molecule has 142 valence electrons. The normalized spacial score (nSPS) is 22.6. The van der Waals surface area contributed by atoms with Crippen LogP contribution in [0.1, 0.15) is 43.1 Å². The Kier molecular flexibility index (Phi) is 4.68. The van der Waals surface area contributed by atoms with Crippen LogP contribution in [0, 0.1) is 5.41 Å². The van der Waals surface area contributed by atoms with Gasteiger partial charge in [-0.15, -0.1) is 5.10 Å². The molecule has 2 aromatic rings. The number of likely N-dealkylation sites (tertiary alicyclic amines) is 2. The van der Waals surface area contributed by atoms with Crippen LogP contribution in [0.15, 0.2) is 36.5 Å². The van der Waals surface area contributed by atoms with Crippen LogP contribution in [0.2, 0.25) is 0 Å². The summed E-state index contributed by atoms with van der Waals surface area (Å²) in [6.45, 7) is 4.83. The maximum Gasteiger partial charge on any atom is 0.276 e. The molecule has 0 N–H and O–H groups in total. The Labute approximate surface area is 158 Å². The van der Waals surface area contributed by atoms with Gasteiger partial charge in [-0.1, -0.05) is 30.3 Å². The topological polar surface area (TPSA) is 71.3 Å². The molecule has 7 heteroatoms. The molecule has 0 bridgehead atoms. The Bertz CT molecular complexity index is 832. The van der Waals surface area contributed by atoms with Crippen LogP contribution in [0.5, 0.6) is 0 Å². The molecule has 0 radical (unpaired) electrons. The predicted molar refractivity (Wildman–Crippen MR) is 100 cm³/mol. The maximum absolute atomic E-state index is 13.0. The summed E-state index contributed by atoms with van der Waals surface area (Å²) in [4.78, 5) is 29.7. The quantitative estimate of drug-likeness (QED) is 0.830. The lowest BCUT2D eigenvalue weighted by Crippen LogP contribution is -2.50. The van der Waals surface area contributed by atoms with Crippen LogP contribution < -0.4 is 0 Å². The first kappa shape index (κ1) is 17.7. The van der Waals surface area contributed by atoms with Crippen molar-refractivity contribution < 1.29 is 9.59 Å². The fourth-order valence-corrected chi connectivity index (χ4v) is 4.29. The zero-order valence-corrected chi connectivity index (χ0v) is 15.7. The Balaban J connectivity index is 1.48.